The van der Waals surface area contributed by atoms with Crippen LogP contribution in [0.1, 0.15) is 72.2 Å². The Balaban J connectivity index is 1.79. The van der Waals surface area contributed by atoms with Crippen molar-refractivity contribution in [2.45, 2.75) is 53.9 Å². The molecule has 0 unspecified atom stereocenters. The quantitative estimate of drug-likeness (QED) is 0.656. The summed E-state index contributed by atoms with van der Waals surface area (Å²) in [5.41, 5.74) is 7.91. The maximum atomic E-state index is 12.8. The second-order valence-electron chi connectivity index (χ2n) is 9.56. The second-order valence-corrected chi connectivity index (χ2v) is 10.7. The Labute approximate surface area is 183 Å². The molecule has 2 aromatic rings. The zero-order valence-corrected chi connectivity index (χ0v) is 19.3. The highest BCUT2D eigenvalue weighted by Crippen LogP contribution is 2.44. The molecular formula is C24H32N2O3S. The number of carbonyl (C=O) groups is 2. The lowest BCUT2D eigenvalue weighted by Gasteiger charge is -2.33. The van der Waals surface area contributed by atoms with Crippen LogP contribution in [0.15, 0.2) is 24.3 Å². The van der Waals surface area contributed by atoms with Gasteiger partial charge in [-0.05, 0) is 66.3 Å². The molecule has 3 N–H and O–H groups in total. The van der Waals surface area contributed by atoms with E-state index in [1.165, 1.54) is 16.2 Å². The van der Waals surface area contributed by atoms with Crippen LogP contribution >= 0.6 is 11.3 Å². The summed E-state index contributed by atoms with van der Waals surface area (Å²) in [5.74, 6) is 0.987. The van der Waals surface area contributed by atoms with Crippen molar-refractivity contribution < 1.29 is 14.3 Å². The van der Waals surface area contributed by atoms with Gasteiger partial charge in [-0.3, -0.25) is 9.59 Å². The number of carbonyl (C=O) groups excluding carboxylic acids is 2. The Hall–Kier alpha value is -2.34. The van der Waals surface area contributed by atoms with E-state index in [9.17, 15) is 9.59 Å². The molecule has 1 aliphatic carbocycles. The monoisotopic (exact) mass is 428 g/mol. The number of rotatable bonds is 6. The van der Waals surface area contributed by atoms with Crippen molar-refractivity contribution in [3.63, 3.8) is 0 Å². The molecule has 0 radical (unpaired) electrons. The van der Waals surface area contributed by atoms with Gasteiger partial charge in [0, 0.05) is 10.4 Å². The highest BCUT2D eigenvalue weighted by molar-refractivity contribution is 7.17. The lowest BCUT2D eigenvalue weighted by atomic mass is 9.72. The molecule has 2 amide bonds. The molecular weight excluding hydrogens is 396 g/mol. The van der Waals surface area contributed by atoms with Gasteiger partial charge in [0.1, 0.15) is 10.8 Å². The van der Waals surface area contributed by atoms with Crippen LogP contribution in [0.4, 0.5) is 5.00 Å². The van der Waals surface area contributed by atoms with Crippen molar-refractivity contribution in [2.75, 3.05) is 11.9 Å². The molecule has 0 saturated carbocycles. The Bertz CT molecular complexity index is 923. The summed E-state index contributed by atoms with van der Waals surface area (Å²) in [6.07, 6.45) is 2.77. The zero-order valence-electron chi connectivity index (χ0n) is 18.5. The van der Waals surface area contributed by atoms with Crippen LogP contribution in [-0.2, 0) is 12.8 Å². The van der Waals surface area contributed by atoms with Gasteiger partial charge in [0.2, 0.25) is 0 Å². The van der Waals surface area contributed by atoms with E-state index in [1.54, 1.807) is 24.3 Å². The summed E-state index contributed by atoms with van der Waals surface area (Å²) in [6, 6.07) is 7.05. The number of anilines is 1. The van der Waals surface area contributed by atoms with Crippen LogP contribution in [0.3, 0.4) is 0 Å². The van der Waals surface area contributed by atoms with Gasteiger partial charge in [0.05, 0.1) is 12.2 Å². The minimum Gasteiger partial charge on any atom is -0.493 e. The molecule has 1 aliphatic rings. The average molecular weight is 429 g/mol. The summed E-state index contributed by atoms with van der Waals surface area (Å²) in [4.78, 5) is 26.2. The average Bonchev–Trinajstić information content (AvgIpc) is 3.03. The van der Waals surface area contributed by atoms with E-state index in [-0.39, 0.29) is 11.3 Å². The van der Waals surface area contributed by atoms with Crippen molar-refractivity contribution in [2.24, 2.45) is 23.0 Å². The fourth-order valence-electron chi connectivity index (χ4n) is 3.81. The third-order valence-corrected chi connectivity index (χ3v) is 6.83. The number of nitrogens with two attached hydrogens (primary N) is 1. The molecule has 3 rings (SSSR count). The van der Waals surface area contributed by atoms with Gasteiger partial charge < -0.3 is 15.8 Å². The predicted octanol–water partition coefficient (Wildman–Crippen LogP) is 5.29. The number of fused-ring (bicyclic) bond motifs is 1. The fourth-order valence-corrected chi connectivity index (χ4v) is 5.14. The predicted molar refractivity (Wildman–Crippen MR) is 123 cm³/mol. The second kappa shape index (κ2) is 8.80. The van der Waals surface area contributed by atoms with Crippen molar-refractivity contribution >= 4 is 28.2 Å². The minimum absolute atomic E-state index is 0.206. The van der Waals surface area contributed by atoms with Gasteiger partial charge in [0.15, 0.2) is 0 Å². The highest BCUT2D eigenvalue weighted by Gasteiger charge is 2.33. The van der Waals surface area contributed by atoms with E-state index in [1.807, 2.05) is 0 Å². The molecule has 0 aliphatic heterocycles. The van der Waals surface area contributed by atoms with Gasteiger partial charge in [-0.25, -0.2) is 0 Å². The summed E-state index contributed by atoms with van der Waals surface area (Å²) < 4.78 is 5.67. The maximum absolute atomic E-state index is 12.8. The van der Waals surface area contributed by atoms with Crippen LogP contribution < -0.4 is 15.8 Å². The van der Waals surface area contributed by atoms with E-state index in [0.29, 0.717) is 34.6 Å². The van der Waals surface area contributed by atoms with Gasteiger partial charge in [-0.15, -0.1) is 11.3 Å². The first-order valence-electron chi connectivity index (χ1n) is 10.5. The van der Waals surface area contributed by atoms with Crippen molar-refractivity contribution in [1.29, 1.82) is 0 Å². The molecule has 1 aromatic heterocycles. The van der Waals surface area contributed by atoms with Crippen LogP contribution in [0.5, 0.6) is 5.75 Å². The highest BCUT2D eigenvalue weighted by atomic mass is 32.1. The van der Waals surface area contributed by atoms with Crippen molar-refractivity contribution in [3.05, 3.63) is 45.8 Å². The van der Waals surface area contributed by atoms with Crippen molar-refractivity contribution in [1.82, 2.24) is 0 Å². The van der Waals surface area contributed by atoms with Crippen LogP contribution in [0.25, 0.3) is 0 Å². The SMILES string of the molecule is CC(C)COc1ccc(C(=O)Nc2sc3c(c2C(N)=O)CC[C@@H](C(C)(C)C)C3)cc1. The van der Waals surface area contributed by atoms with Crippen molar-refractivity contribution in [3.8, 4) is 5.75 Å². The van der Waals surface area contributed by atoms with Gasteiger partial charge in [-0.1, -0.05) is 34.6 Å². The van der Waals surface area contributed by atoms with Gasteiger partial charge in [-0.2, -0.15) is 0 Å². The molecule has 6 heteroatoms. The van der Waals surface area contributed by atoms with Gasteiger partial charge in [0.25, 0.3) is 11.8 Å². The minimum atomic E-state index is -0.477. The molecule has 0 saturated heterocycles. The number of benzene rings is 1. The van der Waals surface area contributed by atoms with Crippen LogP contribution in [0.2, 0.25) is 0 Å². The zero-order chi connectivity index (χ0) is 22.1. The third-order valence-electron chi connectivity index (χ3n) is 5.66. The Morgan fingerprint density at radius 2 is 1.90 bits per heavy atom. The molecule has 5 nitrogen and oxygen atoms in total. The Morgan fingerprint density at radius 1 is 1.23 bits per heavy atom. The molecule has 0 bridgehead atoms. The smallest absolute Gasteiger partial charge is 0.256 e. The molecule has 0 spiro atoms. The summed E-state index contributed by atoms with van der Waals surface area (Å²) >= 11 is 1.49. The number of primary amides is 1. The van der Waals surface area contributed by atoms with Crippen LogP contribution in [-0.4, -0.2) is 18.4 Å². The topological polar surface area (TPSA) is 81.4 Å². The third kappa shape index (κ3) is 5.04. The van der Waals surface area contributed by atoms with Gasteiger partial charge >= 0.3 is 0 Å². The maximum Gasteiger partial charge on any atom is 0.256 e. The molecule has 1 aromatic carbocycles. The lowest BCUT2D eigenvalue weighted by molar-refractivity contribution is 0.1000. The lowest BCUT2D eigenvalue weighted by Crippen LogP contribution is -2.27. The number of hydrogen-bond donors (Lipinski definition) is 2. The normalized spacial score (nSPS) is 16.3. The van der Waals surface area contributed by atoms with E-state index in [2.05, 4.69) is 39.9 Å². The molecule has 1 heterocycles. The van der Waals surface area contributed by atoms with E-state index in [0.717, 1.165) is 30.6 Å². The van der Waals surface area contributed by atoms with E-state index in [4.69, 9.17) is 10.5 Å². The number of amides is 2. The molecule has 1 atom stereocenters. The summed E-state index contributed by atoms with van der Waals surface area (Å²) in [7, 11) is 0. The summed E-state index contributed by atoms with van der Waals surface area (Å²) in [5, 5.41) is 3.49. The molecule has 162 valence electrons. The first kappa shape index (κ1) is 22.3. The number of hydrogen-bond acceptors (Lipinski definition) is 4. The number of nitrogens with one attached hydrogen (secondary N) is 1. The summed E-state index contributed by atoms with van der Waals surface area (Å²) in [6.45, 7) is 11.6. The molecule has 30 heavy (non-hydrogen) atoms. The fraction of sp³-hybridized carbons (Fsp3) is 0.500. The standard InChI is InChI=1S/C24H32N2O3S/c1-14(2)13-29-17-9-6-15(7-10-17)22(28)26-23-20(21(25)27)18-11-8-16(24(3,4)5)12-19(18)30-23/h6-7,9-10,14,16H,8,11-13H2,1-5H3,(H2,25,27)(H,26,28)/t16-/m1/s1. The first-order valence-corrected chi connectivity index (χ1v) is 11.4. The van der Waals surface area contributed by atoms with Crippen LogP contribution in [0, 0.1) is 17.3 Å². The van der Waals surface area contributed by atoms with E-state index >= 15 is 0 Å². The Morgan fingerprint density at radius 3 is 2.47 bits per heavy atom. The van der Waals surface area contributed by atoms with E-state index < -0.39 is 5.91 Å². The first-order chi connectivity index (χ1) is 14.1. The molecule has 0 fully saturated rings. The number of thiophene rings is 1. The largest absolute Gasteiger partial charge is 0.493 e. The Kier molecular flexibility index (Phi) is 6.56. The number of ether oxygens (including phenoxy) is 1.